The van der Waals surface area contributed by atoms with Crippen LogP contribution in [-0.2, 0) is 9.53 Å². The summed E-state index contributed by atoms with van der Waals surface area (Å²) in [5.74, 6) is 1.33. The summed E-state index contributed by atoms with van der Waals surface area (Å²) in [6.07, 6.45) is 9.68. The third-order valence-corrected chi connectivity index (χ3v) is 8.35. The molecule has 7 nitrogen and oxygen atoms in total. The lowest BCUT2D eigenvalue weighted by atomic mass is 9.84. The summed E-state index contributed by atoms with van der Waals surface area (Å²) >= 11 is 0. The number of alkyl carbamates (subject to hydrolysis) is 1. The monoisotopic (exact) mass is 528 g/mol. The Morgan fingerprint density at radius 2 is 1.56 bits per heavy atom. The van der Waals surface area contributed by atoms with E-state index in [1.54, 1.807) is 0 Å². The molecule has 0 unspecified atom stereocenters. The number of hydrogen-bond acceptors (Lipinski definition) is 4. The van der Waals surface area contributed by atoms with Gasteiger partial charge in [-0.15, -0.1) is 0 Å². The van der Waals surface area contributed by atoms with Crippen LogP contribution in [0.4, 0.5) is 4.79 Å². The van der Waals surface area contributed by atoms with Gasteiger partial charge in [-0.05, 0) is 59.8 Å². The molecule has 2 aromatic carbocycles. The highest BCUT2D eigenvalue weighted by molar-refractivity contribution is 5.86. The number of aromatic nitrogens is 2. The largest absolute Gasteiger partial charge is 0.453 e. The molecule has 1 saturated heterocycles. The molecule has 5 rings (SSSR count). The van der Waals surface area contributed by atoms with Crippen LogP contribution < -0.4 is 5.32 Å². The van der Waals surface area contributed by atoms with Gasteiger partial charge in [0.05, 0.1) is 25.0 Å². The molecule has 1 saturated carbocycles. The van der Waals surface area contributed by atoms with E-state index in [0.717, 1.165) is 35.8 Å². The number of hydrogen-bond donors (Lipinski definition) is 2. The highest BCUT2D eigenvalue weighted by Crippen LogP contribution is 2.35. The Kier molecular flexibility index (Phi) is 8.34. The number of ether oxygens (including phenoxy) is 1. The Morgan fingerprint density at radius 1 is 0.923 bits per heavy atom. The molecule has 2 atom stereocenters. The van der Waals surface area contributed by atoms with Crippen LogP contribution in [0, 0.1) is 5.92 Å². The SMILES string of the molecule is COC(=O)N[C@H](C(=O)N1CCC[C@@H]1c1ncc(-c2ccc(-c3ccc(C4CCCCC4)cc3)cc2)[nH]1)C(C)C. The molecule has 1 aliphatic heterocycles. The van der Waals surface area contributed by atoms with Gasteiger partial charge in [0.1, 0.15) is 11.9 Å². The second kappa shape index (κ2) is 12.1. The van der Waals surface area contributed by atoms with Crippen molar-refractivity contribution in [2.75, 3.05) is 13.7 Å². The number of methoxy groups -OCH3 is 1. The van der Waals surface area contributed by atoms with Crippen molar-refractivity contribution >= 4 is 12.0 Å². The molecule has 39 heavy (non-hydrogen) atoms. The minimum Gasteiger partial charge on any atom is -0.453 e. The van der Waals surface area contributed by atoms with E-state index in [0.29, 0.717) is 6.54 Å². The van der Waals surface area contributed by atoms with Crippen LogP contribution in [0.15, 0.2) is 54.7 Å². The second-order valence-corrected chi connectivity index (χ2v) is 11.3. The summed E-state index contributed by atoms with van der Waals surface area (Å²) in [5.41, 5.74) is 5.88. The summed E-state index contributed by atoms with van der Waals surface area (Å²) in [4.78, 5) is 35.2. The molecule has 0 spiro atoms. The Balaban J connectivity index is 1.27. The number of carbonyl (C=O) groups excluding carboxylic acids is 2. The van der Waals surface area contributed by atoms with Gasteiger partial charge in [0.15, 0.2) is 0 Å². The van der Waals surface area contributed by atoms with Crippen molar-refractivity contribution in [3.05, 3.63) is 66.1 Å². The first kappa shape index (κ1) is 27.0. The minimum atomic E-state index is -0.642. The van der Waals surface area contributed by atoms with E-state index >= 15 is 0 Å². The summed E-state index contributed by atoms with van der Waals surface area (Å²) in [7, 11) is 1.31. The van der Waals surface area contributed by atoms with Crippen molar-refractivity contribution in [1.82, 2.24) is 20.2 Å². The van der Waals surface area contributed by atoms with Crippen LogP contribution in [0.25, 0.3) is 22.4 Å². The molecule has 2 fully saturated rings. The number of rotatable bonds is 7. The Hall–Kier alpha value is -3.61. The smallest absolute Gasteiger partial charge is 0.407 e. The predicted octanol–water partition coefficient (Wildman–Crippen LogP) is 6.84. The highest BCUT2D eigenvalue weighted by atomic mass is 16.5. The van der Waals surface area contributed by atoms with E-state index in [9.17, 15) is 9.59 Å². The predicted molar refractivity (Wildman–Crippen MR) is 153 cm³/mol. The lowest BCUT2D eigenvalue weighted by molar-refractivity contribution is -0.135. The van der Waals surface area contributed by atoms with Gasteiger partial charge >= 0.3 is 6.09 Å². The van der Waals surface area contributed by atoms with Gasteiger partial charge < -0.3 is 19.9 Å². The number of nitrogens with zero attached hydrogens (tertiary/aromatic N) is 2. The molecule has 1 aromatic heterocycles. The van der Waals surface area contributed by atoms with Gasteiger partial charge in [0, 0.05) is 6.54 Å². The van der Waals surface area contributed by atoms with Crippen LogP contribution in [0.5, 0.6) is 0 Å². The lowest BCUT2D eigenvalue weighted by Gasteiger charge is -2.30. The van der Waals surface area contributed by atoms with Crippen LogP contribution in [0.2, 0.25) is 0 Å². The lowest BCUT2D eigenvalue weighted by Crippen LogP contribution is -2.51. The average Bonchev–Trinajstić information content (AvgIpc) is 3.66. The number of H-pyrrole nitrogens is 1. The maximum absolute atomic E-state index is 13.4. The van der Waals surface area contributed by atoms with E-state index in [4.69, 9.17) is 4.74 Å². The van der Waals surface area contributed by atoms with Crippen molar-refractivity contribution in [2.45, 2.75) is 76.8 Å². The van der Waals surface area contributed by atoms with Crippen LogP contribution >= 0.6 is 0 Å². The fourth-order valence-corrected chi connectivity index (χ4v) is 6.07. The summed E-state index contributed by atoms with van der Waals surface area (Å²) in [6, 6.07) is 16.9. The summed E-state index contributed by atoms with van der Waals surface area (Å²) < 4.78 is 4.73. The average molecular weight is 529 g/mol. The maximum atomic E-state index is 13.4. The molecular formula is C32H40N4O3. The Morgan fingerprint density at radius 3 is 2.21 bits per heavy atom. The van der Waals surface area contributed by atoms with E-state index < -0.39 is 12.1 Å². The number of likely N-dealkylation sites (tertiary alicyclic amines) is 1. The van der Waals surface area contributed by atoms with Crippen molar-refractivity contribution in [3.8, 4) is 22.4 Å². The van der Waals surface area contributed by atoms with Crippen LogP contribution in [0.1, 0.15) is 82.1 Å². The fraction of sp³-hybridized carbons (Fsp3) is 0.469. The van der Waals surface area contributed by atoms with Gasteiger partial charge in [-0.25, -0.2) is 9.78 Å². The minimum absolute atomic E-state index is 0.0630. The van der Waals surface area contributed by atoms with Gasteiger partial charge in [-0.1, -0.05) is 81.6 Å². The zero-order valence-electron chi connectivity index (χ0n) is 23.3. The number of benzene rings is 2. The van der Waals surface area contributed by atoms with E-state index in [1.807, 2.05) is 24.9 Å². The Bertz CT molecular complexity index is 1260. The molecule has 2 N–H and O–H groups in total. The first-order valence-electron chi connectivity index (χ1n) is 14.3. The number of carbonyl (C=O) groups is 2. The zero-order valence-corrected chi connectivity index (χ0v) is 23.3. The van der Waals surface area contributed by atoms with Gasteiger partial charge in [-0.3, -0.25) is 4.79 Å². The third-order valence-electron chi connectivity index (χ3n) is 8.35. The number of imidazole rings is 1. The highest BCUT2D eigenvalue weighted by Gasteiger charge is 2.37. The van der Waals surface area contributed by atoms with Crippen LogP contribution in [-0.4, -0.2) is 46.6 Å². The topological polar surface area (TPSA) is 87.3 Å². The molecule has 7 heteroatoms. The normalized spacial score (nSPS) is 18.8. The van der Waals surface area contributed by atoms with Gasteiger partial charge in [0.2, 0.25) is 5.91 Å². The molecule has 2 heterocycles. The third kappa shape index (κ3) is 6.02. The number of aromatic amines is 1. The number of amides is 2. The van der Waals surface area contributed by atoms with Gasteiger partial charge in [-0.2, -0.15) is 0 Å². The molecule has 2 aliphatic rings. The molecule has 2 amide bonds. The maximum Gasteiger partial charge on any atom is 0.407 e. The molecule has 0 radical (unpaired) electrons. The van der Waals surface area contributed by atoms with Crippen molar-refractivity contribution in [1.29, 1.82) is 0 Å². The van der Waals surface area contributed by atoms with Crippen molar-refractivity contribution in [2.24, 2.45) is 5.92 Å². The quantitative estimate of drug-likeness (QED) is 0.352. The van der Waals surface area contributed by atoms with E-state index in [1.165, 1.54) is 55.9 Å². The molecule has 206 valence electrons. The van der Waals surface area contributed by atoms with Crippen LogP contribution in [0.3, 0.4) is 0 Å². The second-order valence-electron chi connectivity index (χ2n) is 11.3. The van der Waals surface area contributed by atoms with E-state index in [2.05, 4.69) is 63.8 Å². The van der Waals surface area contributed by atoms with Gasteiger partial charge in [0.25, 0.3) is 0 Å². The number of nitrogens with one attached hydrogen (secondary N) is 2. The molecule has 0 bridgehead atoms. The molecular weight excluding hydrogens is 488 g/mol. The Labute approximate surface area is 231 Å². The summed E-state index contributed by atoms with van der Waals surface area (Å²) in [5, 5.41) is 2.70. The first-order valence-corrected chi connectivity index (χ1v) is 14.3. The molecule has 1 aliphatic carbocycles. The standard InChI is InChI=1S/C32H40N4O3/c1-21(2)29(35-32(38)39-3)31(37)36-19-7-10-28(36)30-33-20-27(34-30)26-17-15-25(16-18-26)24-13-11-23(12-14-24)22-8-5-4-6-9-22/h11-18,20-22,28-29H,4-10,19H2,1-3H3,(H,33,34)(H,35,38)/t28-,29+/m1/s1. The van der Waals surface area contributed by atoms with Crippen molar-refractivity contribution < 1.29 is 14.3 Å². The molecule has 3 aromatic rings. The zero-order chi connectivity index (χ0) is 27.4. The summed E-state index contributed by atoms with van der Waals surface area (Å²) in [6.45, 7) is 4.48. The first-order chi connectivity index (χ1) is 18.9. The van der Waals surface area contributed by atoms with E-state index in [-0.39, 0.29) is 17.9 Å². The fourth-order valence-electron chi connectivity index (χ4n) is 6.07. The van der Waals surface area contributed by atoms with Crippen molar-refractivity contribution in [3.63, 3.8) is 0 Å².